The van der Waals surface area contributed by atoms with Crippen molar-refractivity contribution >= 4 is 5.91 Å². The standard InChI is InChI=1S/C11H25N3O2/c1-3-5-7-14(8-9-15)10(6-4-2)11(16)13-12/h10,15H,3-9,12H2,1-2H3,(H,13,16). The first kappa shape index (κ1) is 15.3. The molecule has 0 aliphatic rings. The number of nitrogens with two attached hydrogens (primary N) is 1. The minimum atomic E-state index is -0.214. The molecule has 96 valence electrons. The number of aliphatic hydroxyl groups is 1. The number of nitrogens with zero attached hydrogens (tertiary/aromatic N) is 1. The van der Waals surface area contributed by atoms with Gasteiger partial charge in [-0.3, -0.25) is 15.1 Å². The first-order valence-corrected chi connectivity index (χ1v) is 6.06. The maximum atomic E-state index is 11.6. The molecular weight excluding hydrogens is 206 g/mol. The summed E-state index contributed by atoms with van der Waals surface area (Å²) in [6.45, 7) is 5.57. The summed E-state index contributed by atoms with van der Waals surface area (Å²) in [6.07, 6.45) is 3.79. The van der Waals surface area contributed by atoms with Crippen LogP contribution >= 0.6 is 0 Å². The van der Waals surface area contributed by atoms with E-state index in [1.807, 2.05) is 11.8 Å². The largest absolute Gasteiger partial charge is 0.395 e. The van der Waals surface area contributed by atoms with Gasteiger partial charge in [0, 0.05) is 6.54 Å². The smallest absolute Gasteiger partial charge is 0.251 e. The van der Waals surface area contributed by atoms with E-state index in [1.54, 1.807) is 0 Å². The van der Waals surface area contributed by atoms with Crippen LogP contribution in [0.4, 0.5) is 0 Å². The summed E-state index contributed by atoms with van der Waals surface area (Å²) in [5.74, 6) is 5.02. The maximum Gasteiger partial charge on any atom is 0.251 e. The van der Waals surface area contributed by atoms with Gasteiger partial charge in [0.05, 0.1) is 12.6 Å². The summed E-state index contributed by atoms with van der Waals surface area (Å²) in [5, 5.41) is 9.00. The van der Waals surface area contributed by atoms with E-state index in [0.717, 1.165) is 32.2 Å². The zero-order valence-electron chi connectivity index (χ0n) is 10.4. The van der Waals surface area contributed by atoms with Crippen molar-refractivity contribution in [2.45, 2.75) is 45.6 Å². The van der Waals surface area contributed by atoms with Crippen molar-refractivity contribution in [1.29, 1.82) is 0 Å². The third kappa shape index (κ3) is 5.44. The predicted molar refractivity (Wildman–Crippen MR) is 64.6 cm³/mol. The molecule has 0 radical (unpaired) electrons. The average Bonchev–Trinajstić information content (AvgIpc) is 2.31. The number of aliphatic hydroxyl groups excluding tert-OH is 1. The molecule has 0 heterocycles. The van der Waals surface area contributed by atoms with Gasteiger partial charge in [-0.25, -0.2) is 5.84 Å². The van der Waals surface area contributed by atoms with E-state index >= 15 is 0 Å². The molecule has 0 aromatic carbocycles. The third-order valence-electron chi connectivity index (χ3n) is 2.63. The van der Waals surface area contributed by atoms with Crippen LogP contribution in [0, 0.1) is 0 Å². The molecule has 4 N–H and O–H groups in total. The summed E-state index contributed by atoms with van der Waals surface area (Å²) >= 11 is 0. The minimum absolute atomic E-state index is 0.0712. The lowest BCUT2D eigenvalue weighted by Crippen LogP contribution is -2.50. The molecule has 16 heavy (non-hydrogen) atoms. The molecule has 0 saturated carbocycles. The van der Waals surface area contributed by atoms with Gasteiger partial charge in [0.1, 0.15) is 0 Å². The Morgan fingerprint density at radius 1 is 1.38 bits per heavy atom. The van der Waals surface area contributed by atoms with Crippen LogP contribution in [-0.4, -0.2) is 41.7 Å². The molecule has 0 saturated heterocycles. The average molecular weight is 231 g/mol. The molecule has 0 spiro atoms. The van der Waals surface area contributed by atoms with E-state index in [4.69, 9.17) is 10.9 Å². The number of rotatable bonds is 9. The lowest BCUT2D eigenvalue weighted by molar-refractivity contribution is -0.127. The molecule has 1 atom stereocenters. The highest BCUT2D eigenvalue weighted by atomic mass is 16.3. The summed E-state index contributed by atoms with van der Waals surface area (Å²) in [6, 6.07) is -0.214. The quantitative estimate of drug-likeness (QED) is 0.302. The lowest BCUT2D eigenvalue weighted by Gasteiger charge is -2.29. The van der Waals surface area contributed by atoms with Crippen molar-refractivity contribution < 1.29 is 9.90 Å². The number of hydrogen-bond donors (Lipinski definition) is 3. The molecular formula is C11H25N3O2. The Hall–Kier alpha value is -0.650. The Labute approximate surface area is 98.0 Å². The van der Waals surface area contributed by atoms with Crippen molar-refractivity contribution in [3.05, 3.63) is 0 Å². The fourth-order valence-electron chi connectivity index (χ4n) is 1.76. The van der Waals surface area contributed by atoms with E-state index in [0.29, 0.717) is 6.54 Å². The molecule has 5 nitrogen and oxygen atoms in total. The van der Waals surface area contributed by atoms with Gasteiger partial charge in [0.25, 0.3) is 5.91 Å². The Kier molecular flexibility index (Phi) is 9.18. The number of carbonyl (C=O) groups excluding carboxylic acids is 1. The fraction of sp³-hybridized carbons (Fsp3) is 0.909. The van der Waals surface area contributed by atoms with Crippen LogP contribution in [0.25, 0.3) is 0 Å². The third-order valence-corrected chi connectivity index (χ3v) is 2.63. The van der Waals surface area contributed by atoms with E-state index < -0.39 is 0 Å². The molecule has 0 aromatic heterocycles. The summed E-state index contributed by atoms with van der Waals surface area (Å²) < 4.78 is 0. The lowest BCUT2D eigenvalue weighted by atomic mass is 10.1. The van der Waals surface area contributed by atoms with Crippen LogP contribution in [0.2, 0.25) is 0 Å². The highest BCUT2D eigenvalue weighted by Crippen LogP contribution is 2.08. The molecule has 0 aliphatic heterocycles. The molecule has 0 rings (SSSR count). The van der Waals surface area contributed by atoms with Gasteiger partial charge in [-0.2, -0.15) is 0 Å². The molecule has 1 unspecified atom stereocenters. The van der Waals surface area contributed by atoms with Crippen molar-refractivity contribution in [2.24, 2.45) is 5.84 Å². The Bertz CT molecular complexity index is 188. The summed E-state index contributed by atoms with van der Waals surface area (Å²) in [5.41, 5.74) is 2.20. The summed E-state index contributed by atoms with van der Waals surface area (Å²) in [4.78, 5) is 13.6. The summed E-state index contributed by atoms with van der Waals surface area (Å²) in [7, 11) is 0. The number of nitrogens with one attached hydrogen (secondary N) is 1. The second-order valence-corrected chi connectivity index (χ2v) is 3.93. The second-order valence-electron chi connectivity index (χ2n) is 3.93. The number of unbranched alkanes of at least 4 members (excludes halogenated alkanes) is 1. The first-order chi connectivity index (χ1) is 7.71. The second kappa shape index (κ2) is 9.57. The molecule has 1 amide bonds. The molecule has 5 heteroatoms. The van der Waals surface area contributed by atoms with E-state index in [9.17, 15) is 4.79 Å². The van der Waals surface area contributed by atoms with Gasteiger partial charge in [0.15, 0.2) is 0 Å². The number of hydrazine groups is 1. The SMILES string of the molecule is CCCCN(CCO)C(CCC)C(=O)NN. The molecule has 0 aromatic rings. The molecule has 0 aliphatic carbocycles. The van der Waals surface area contributed by atoms with Crippen LogP contribution in [0.3, 0.4) is 0 Å². The van der Waals surface area contributed by atoms with Crippen molar-refractivity contribution in [1.82, 2.24) is 10.3 Å². The molecule has 0 bridgehead atoms. The highest BCUT2D eigenvalue weighted by Gasteiger charge is 2.23. The van der Waals surface area contributed by atoms with Crippen molar-refractivity contribution in [2.75, 3.05) is 19.7 Å². The number of hydrogen-bond acceptors (Lipinski definition) is 4. The van der Waals surface area contributed by atoms with Crippen molar-refractivity contribution in [3.63, 3.8) is 0 Å². The van der Waals surface area contributed by atoms with Gasteiger partial charge in [-0.05, 0) is 19.4 Å². The topological polar surface area (TPSA) is 78.6 Å². The van der Waals surface area contributed by atoms with Crippen LogP contribution in [-0.2, 0) is 4.79 Å². The van der Waals surface area contributed by atoms with Gasteiger partial charge in [0.2, 0.25) is 0 Å². The van der Waals surface area contributed by atoms with Crippen LogP contribution in [0.15, 0.2) is 0 Å². The molecule has 0 fully saturated rings. The van der Waals surface area contributed by atoms with Crippen LogP contribution < -0.4 is 11.3 Å². The van der Waals surface area contributed by atoms with Gasteiger partial charge in [-0.15, -0.1) is 0 Å². The maximum absolute atomic E-state index is 11.6. The predicted octanol–water partition coefficient (Wildman–Crippen LogP) is 0.239. The fourth-order valence-corrected chi connectivity index (χ4v) is 1.76. The Morgan fingerprint density at radius 3 is 2.50 bits per heavy atom. The van der Waals surface area contributed by atoms with E-state index in [-0.39, 0.29) is 18.6 Å². The van der Waals surface area contributed by atoms with Gasteiger partial charge >= 0.3 is 0 Å². The Balaban J connectivity index is 4.43. The van der Waals surface area contributed by atoms with E-state index in [1.165, 1.54) is 0 Å². The Morgan fingerprint density at radius 2 is 2.06 bits per heavy atom. The van der Waals surface area contributed by atoms with E-state index in [2.05, 4.69) is 12.3 Å². The van der Waals surface area contributed by atoms with Crippen molar-refractivity contribution in [3.8, 4) is 0 Å². The zero-order chi connectivity index (χ0) is 12.4. The minimum Gasteiger partial charge on any atom is -0.395 e. The van der Waals surface area contributed by atoms with Crippen LogP contribution in [0.1, 0.15) is 39.5 Å². The number of amides is 1. The van der Waals surface area contributed by atoms with Gasteiger partial charge < -0.3 is 5.11 Å². The zero-order valence-corrected chi connectivity index (χ0v) is 10.4. The van der Waals surface area contributed by atoms with Gasteiger partial charge in [-0.1, -0.05) is 26.7 Å². The monoisotopic (exact) mass is 231 g/mol. The van der Waals surface area contributed by atoms with Crippen LogP contribution in [0.5, 0.6) is 0 Å². The highest BCUT2D eigenvalue weighted by molar-refractivity contribution is 5.81. The number of carbonyl (C=O) groups is 1. The first-order valence-electron chi connectivity index (χ1n) is 6.06. The normalized spacial score (nSPS) is 12.8.